The number of nitrogen functional groups attached to an aromatic ring is 1. The fourth-order valence-corrected chi connectivity index (χ4v) is 2.23. The summed E-state index contributed by atoms with van der Waals surface area (Å²) in [4.78, 5) is 6.63. The molecule has 6 nitrogen and oxygen atoms in total. The second-order valence-electron chi connectivity index (χ2n) is 5.15. The largest absolute Gasteiger partial charge is 0.399 e. The molecule has 0 aliphatic carbocycles. The molecule has 0 saturated carbocycles. The second-order valence-corrected chi connectivity index (χ2v) is 5.15. The molecule has 2 heterocycles. The molecule has 1 atom stereocenters. The Kier molecular flexibility index (Phi) is 3.42. The minimum Gasteiger partial charge on any atom is -0.399 e. The SMILES string of the molecule is Cc1cc(-c2nc(C3CN(C)CCO3)no2)ccc1N. The number of morpholine rings is 1. The third-order valence-electron chi connectivity index (χ3n) is 3.52. The Labute approximate surface area is 117 Å². The molecule has 1 aliphatic heterocycles. The van der Waals surface area contributed by atoms with Gasteiger partial charge in [-0.2, -0.15) is 4.98 Å². The van der Waals surface area contributed by atoms with Crippen molar-refractivity contribution in [3.05, 3.63) is 29.6 Å². The maximum atomic E-state index is 5.81. The zero-order valence-corrected chi connectivity index (χ0v) is 11.7. The van der Waals surface area contributed by atoms with E-state index in [-0.39, 0.29) is 6.10 Å². The van der Waals surface area contributed by atoms with E-state index >= 15 is 0 Å². The van der Waals surface area contributed by atoms with Crippen LogP contribution in [0.2, 0.25) is 0 Å². The van der Waals surface area contributed by atoms with E-state index in [4.69, 9.17) is 15.0 Å². The highest BCUT2D eigenvalue weighted by Crippen LogP contribution is 2.25. The van der Waals surface area contributed by atoms with Crippen molar-refractivity contribution in [2.75, 3.05) is 32.5 Å². The fourth-order valence-electron chi connectivity index (χ4n) is 2.23. The average molecular weight is 274 g/mol. The molecule has 2 aromatic rings. The van der Waals surface area contributed by atoms with Crippen LogP contribution >= 0.6 is 0 Å². The lowest BCUT2D eigenvalue weighted by atomic mass is 10.1. The number of ether oxygens (including phenoxy) is 1. The molecule has 1 aromatic carbocycles. The summed E-state index contributed by atoms with van der Waals surface area (Å²) in [5.41, 5.74) is 8.44. The summed E-state index contributed by atoms with van der Waals surface area (Å²) in [7, 11) is 2.06. The summed E-state index contributed by atoms with van der Waals surface area (Å²) in [5.74, 6) is 1.10. The van der Waals surface area contributed by atoms with Gasteiger partial charge in [0.05, 0.1) is 6.61 Å². The van der Waals surface area contributed by atoms with Gasteiger partial charge in [-0.3, -0.25) is 0 Å². The van der Waals surface area contributed by atoms with Crippen LogP contribution in [-0.4, -0.2) is 41.8 Å². The molecule has 1 fully saturated rings. The number of benzene rings is 1. The van der Waals surface area contributed by atoms with Gasteiger partial charge in [0.15, 0.2) is 0 Å². The van der Waals surface area contributed by atoms with Gasteiger partial charge in [0.2, 0.25) is 5.82 Å². The summed E-state index contributed by atoms with van der Waals surface area (Å²) >= 11 is 0. The van der Waals surface area contributed by atoms with Gasteiger partial charge in [-0.05, 0) is 37.7 Å². The predicted molar refractivity (Wildman–Crippen MR) is 75.1 cm³/mol. The van der Waals surface area contributed by atoms with Crippen LogP contribution < -0.4 is 5.73 Å². The molecule has 0 bridgehead atoms. The second kappa shape index (κ2) is 5.22. The Morgan fingerprint density at radius 3 is 3.00 bits per heavy atom. The molecule has 2 N–H and O–H groups in total. The van der Waals surface area contributed by atoms with E-state index in [9.17, 15) is 0 Å². The number of aryl methyl sites for hydroxylation is 1. The van der Waals surface area contributed by atoms with Crippen LogP contribution in [0.1, 0.15) is 17.5 Å². The van der Waals surface area contributed by atoms with Crippen molar-refractivity contribution in [3.63, 3.8) is 0 Å². The predicted octanol–water partition coefficient (Wildman–Crippen LogP) is 1.63. The smallest absolute Gasteiger partial charge is 0.258 e. The summed E-state index contributed by atoms with van der Waals surface area (Å²) in [5, 5.41) is 4.03. The van der Waals surface area contributed by atoms with Gasteiger partial charge in [-0.1, -0.05) is 5.16 Å². The van der Waals surface area contributed by atoms with E-state index < -0.39 is 0 Å². The molecule has 1 saturated heterocycles. The number of likely N-dealkylation sites (N-methyl/N-ethyl adjacent to an activating group) is 1. The number of rotatable bonds is 2. The zero-order chi connectivity index (χ0) is 14.1. The van der Waals surface area contributed by atoms with Crippen LogP contribution in [0.4, 0.5) is 5.69 Å². The summed E-state index contributed by atoms with van der Waals surface area (Å²) in [6, 6.07) is 5.67. The molecule has 3 rings (SSSR count). The van der Waals surface area contributed by atoms with Gasteiger partial charge in [-0.25, -0.2) is 0 Å². The Morgan fingerprint density at radius 2 is 2.25 bits per heavy atom. The highest BCUT2D eigenvalue weighted by molar-refractivity contribution is 5.60. The molecular weight excluding hydrogens is 256 g/mol. The van der Waals surface area contributed by atoms with Gasteiger partial charge in [-0.15, -0.1) is 0 Å². The lowest BCUT2D eigenvalue weighted by Gasteiger charge is -2.27. The molecule has 20 heavy (non-hydrogen) atoms. The lowest BCUT2D eigenvalue weighted by molar-refractivity contribution is -0.0264. The molecule has 0 radical (unpaired) electrons. The van der Waals surface area contributed by atoms with Crippen LogP contribution in [0.15, 0.2) is 22.7 Å². The van der Waals surface area contributed by atoms with E-state index in [2.05, 4.69) is 22.1 Å². The van der Waals surface area contributed by atoms with E-state index in [0.717, 1.165) is 29.9 Å². The number of hydrogen-bond donors (Lipinski definition) is 1. The normalized spacial score (nSPS) is 20.2. The minimum absolute atomic E-state index is 0.124. The maximum absolute atomic E-state index is 5.81. The fraction of sp³-hybridized carbons (Fsp3) is 0.429. The third kappa shape index (κ3) is 2.52. The van der Waals surface area contributed by atoms with Crippen LogP contribution in [0.25, 0.3) is 11.5 Å². The maximum Gasteiger partial charge on any atom is 0.258 e. The molecule has 0 spiro atoms. The first-order valence-corrected chi connectivity index (χ1v) is 6.64. The minimum atomic E-state index is -0.124. The topological polar surface area (TPSA) is 77.4 Å². The van der Waals surface area contributed by atoms with Crippen LogP contribution in [0.5, 0.6) is 0 Å². The number of nitrogens with zero attached hydrogens (tertiary/aromatic N) is 3. The Bertz CT molecular complexity index is 611. The van der Waals surface area contributed by atoms with Crippen molar-refractivity contribution in [2.24, 2.45) is 0 Å². The Hall–Kier alpha value is -1.92. The molecular formula is C14H18N4O2. The van der Waals surface area contributed by atoms with Crippen molar-refractivity contribution >= 4 is 5.69 Å². The molecule has 106 valence electrons. The number of hydrogen-bond acceptors (Lipinski definition) is 6. The van der Waals surface area contributed by atoms with E-state index in [0.29, 0.717) is 18.3 Å². The molecule has 0 amide bonds. The van der Waals surface area contributed by atoms with Gasteiger partial charge in [0.25, 0.3) is 5.89 Å². The highest BCUT2D eigenvalue weighted by Gasteiger charge is 2.24. The summed E-state index contributed by atoms with van der Waals surface area (Å²) < 4.78 is 11.0. The number of aromatic nitrogens is 2. The standard InChI is InChI=1S/C14H18N4O2/c1-9-7-10(3-4-11(9)15)14-16-13(17-20-14)12-8-18(2)5-6-19-12/h3-4,7,12H,5-6,8,15H2,1-2H3. The van der Waals surface area contributed by atoms with E-state index in [1.54, 1.807) is 0 Å². The molecule has 1 aliphatic rings. The van der Waals surface area contributed by atoms with Crippen LogP contribution in [-0.2, 0) is 4.74 Å². The Morgan fingerprint density at radius 1 is 1.40 bits per heavy atom. The monoisotopic (exact) mass is 274 g/mol. The van der Waals surface area contributed by atoms with E-state index in [1.807, 2.05) is 25.1 Å². The van der Waals surface area contributed by atoms with Crippen LogP contribution in [0.3, 0.4) is 0 Å². The Balaban J connectivity index is 1.84. The van der Waals surface area contributed by atoms with Gasteiger partial charge in [0.1, 0.15) is 6.10 Å². The van der Waals surface area contributed by atoms with Crippen molar-refractivity contribution in [1.82, 2.24) is 15.0 Å². The average Bonchev–Trinajstić information content (AvgIpc) is 2.92. The molecule has 1 aromatic heterocycles. The van der Waals surface area contributed by atoms with Crippen molar-refractivity contribution in [2.45, 2.75) is 13.0 Å². The van der Waals surface area contributed by atoms with Gasteiger partial charge in [0, 0.05) is 24.3 Å². The number of anilines is 1. The summed E-state index contributed by atoms with van der Waals surface area (Å²) in [6.45, 7) is 4.35. The first kappa shape index (κ1) is 13.1. The molecule has 6 heteroatoms. The van der Waals surface area contributed by atoms with Crippen molar-refractivity contribution in [1.29, 1.82) is 0 Å². The van der Waals surface area contributed by atoms with E-state index in [1.165, 1.54) is 0 Å². The third-order valence-corrected chi connectivity index (χ3v) is 3.52. The van der Waals surface area contributed by atoms with Crippen molar-refractivity contribution in [3.8, 4) is 11.5 Å². The van der Waals surface area contributed by atoms with Crippen molar-refractivity contribution < 1.29 is 9.26 Å². The number of nitrogens with two attached hydrogens (primary N) is 1. The lowest BCUT2D eigenvalue weighted by Crippen LogP contribution is -2.35. The highest BCUT2D eigenvalue weighted by atomic mass is 16.5. The summed E-state index contributed by atoms with van der Waals surface area (Å²) in [6.07, 6.45) is -0.124. The first-order chi connectivity index (χ1) is 9.63. The quantitative estimate of drug-likeness (QED) is 0.839. The zero-order valence-electron chi connectivity index (χ0n) is 11.7. The van der Waals surface area contributed by atoms with Crippen LogP contribution in [0, 0.1) is 6.92 Å². The molecule has 1 unspecified atom stereocenters. The van der Waals surface area contributed by atoms with Gasteiger partial charge >= 0.3 is 0 Å². The van der Waals surface area contributed by atoms with Gasteiger partial charge < -0.3 is 19.9 Å². The first-order valence-electron chi connectivity index (χ1n) is 6.64.